The van der Waals surface area contributed by atoms with Crippen LogP contribution in [0.1, 0.15) is 89.2 Å². The molecule has 0 aliphatic heterocycles. The maximum atomic E-state index is 2.59. The molecule has 1 aliphatic rings. The lowest BCUT2D eigenvalue weighted by Gasteiger charge is -2.33. The van der Waals surface area contributed by atoms with Crippen molar-refractivity contribution in [2.75, 3.05) is 0 Å². The van der Waals surface area contributed by atoms with Gasteiger partial charge in [0.1, 0.15) is 0 Å². The molecule has 7 aromatic rings. The van der Waals surface area contributed by atoms with Crippen LogP contribution in [0.15, 0.2) is 109 Å². The molecule has 254 valence electrons. The van der Waals surface area contributed by atoms with Crippen LogP contribution in [0.4, 0.5) is 0 Å². The van der Waals surface area contributed by atoms with Gasteiger partial charge in [-0.1, -0.05) is 108 Å². The van der Waals surface area contributed by atoms with Crippen LogP contribution in [-0.4, -0.2) is 0 Å². The van der Waals surface area contributed by atoms with E-state index >= 15 is 0 Å². The fourth-order valence-corrected chi connectivity index (χ4v) is 13.0. The Balaban J connectivity index is 1.06. The van der Waals surface area contributed by atoms with Crippen molar-refractivity contribution in [1.29, 1.82) is 0 Å². The number of hydrogen-bond donors (Lipinski definition) is 0. The van der Waals surface area contributed by atoms with Crippen molar-refractivity contribution in [2.45, 2.75) is 83.5 Å². The zero-order valence-electron chi connectivity index (χ0n) is 29.0. The Hall–Kier alpha value is -3.06. The van der Waals surface area contributed by atoms with Crippen molar-refractivity contribution in [3.05, 3.63) is 120 Å². The van der Waals surface area contributed by atoms with E-state index in [4.69, 9.17) is 0 Å². The van der Waals surface area contributed by atoms with E-state index in [0.29, 0.717) is 0 Å². The lowest BCUT2D eigenvalue weighted by Crippen LogP contribution is -2.25. The molecule has 0 unspecified atom stereocenters. The van der Waals surface area contributed by atoms with Gasteiger partial charge in [-0.3, -0.25) is 0 Å². The molecule has 5 aromatic heterocycles. The molecule has 0 bridgehead atoms. The van der Waals surface area contributed by atoms with Crippen molar-refractivity contribution < 1.29 is 0 Å². The third-order valence-corrected chi connectivity index (χ3v) is 16.4. The van der Waals surface area contributed by atoms with E-state index in [-0.39, 0.29) is 5.41 Å². The van der Waals surface area contributed by atoms with Gasteiger partial charge in [-0.05, 0) is 107 Å². The minimum atomic E-state index is 0.125. The maximum absolute atomic E-state index is 2.59. The van der Waals surface area contributed by atoms with Gasteiger partial charge in [-0.2, -0.15) is 0 Å². The van der Waals surface area contributed by atoms with Crippen LogP contribution in [0.25, 0.3) is 60.6 Å². The zero-order chi connectivity index (χ0) is 33.9. The summed E-state index contributed by atoms with van der Waals surface area (Å²) in [6, 6.07) is 39.6. The molecule has 0 nitrogen and oxygen atoms in total. The molecular formula is C45H44S5. The standard InChI is InChI=1S/C45H44S5/c1-3-5-7-11-27-45(28-12-8-6-4-2)34-15-10-9-14-32(34)33-18-17-31(30-35(33)45)36-19-20-39(47-36)40-23-24-43(49-40)44-26-25-42(50-44)41-22-21-38(48-41)37-16-13-29-46-37/h9-10,13-26,29-30H,3-8,11-12,27-28H2,1-2H3. The van der Waals surface area contributed by atoms with Crippen molar-refractivity contribution in [2.24, 2.45) is 0 Å². The Morgan fingerprint density at radius 1 is 0.420 bits per heavy atom. The molecule has 5 heteroatoms. The number of fused-ring (bicyclic) bond motifs is 3. The third-order valence-electron chi connectivity index (χ3n) is 10.4. The van der Waals surface area contributed by atoms with Crippen LogP contribution in [0.2, 0.25) is 0 Å². The minimum Gasteiger partial charge on any atom is -0.143 e. The summed E-state index contributed by atoms with van der Waals surface area (Å²) in [4.78, 5) is 12.2. The predicted octanol–water partition coefficient (Wildman–Crippen LogP) is 16.5. The van der Waals surface area contributed by atoms with Crippen molar-refractivity contribution >= 4 is 56.7 Å². The maximum Gasteiger partial charge on any atom is 0.0449 e. The highest BCUT2D eigenvalue weighted by molar-refractivity contribution is 7.29. The summed E-state index contributed by atoms with van der Waals surface area (Å²) in [7, 11) is 0. The normalized spacial score (nSPS) is 13.2. The molecule has 0 N–H and O–H groups in total. The van der Waals surface area contributed by atoms with E-state index < -0.39 is 0 Å². The molecule has 8 rings (SSSR count). The fraction of sp³-hybridized carbons (Fsp3) is 0.289. The number of hydrogen-bond acceptors (Lipinski definition) is 5. The van der Waals surface area contributed by atoms with Crippen LogP contribution < -0.4 is 0 Å². The summed E-state index contributed by atoms with van der Waals surface area (Å²) >= 11 is 9.49. The summed E-state index contributed by atoms with van der Waals surface area (Å²) in [5.41, 5.74) is 7.60. The van der Waals surface area contributed by atoms with E-state index in [0.717, 1.165) is 0 Å². The van der Waals surface area contributed by atoms with E-state index in [1.165, 1.54) is 125 Å². The molecule has 50 heavy (non-hydrogen) atoms. The van der Waals surface area contributed by atoms with Crippen LogP contribution in [0, 0.1) is 0 Å². The SMILES string of the molecule is CCCCCCC1(CCCCCC)c2ccccc2-c2ccc(-c3ccc(-c4ccc(-c5ccc(-c6ccc(-c7cccs7)s6)s5)s4)s3)cc21. The van der Waals surface area contributed by atoms with Gasteiger partial charge in [0.2, 0.25) is 0 Å². The average molecular weight is 745 g/mol. The highest BCUT2D eigenvalue weighted by Crippen LogP contribution is 2.55. The summed E-state index contributed by atoms with van der Waals surface area (Å²) in [6.45, 7) is 4.65. The Labute approximate surface area is 318 Å². The molecular weight excluding hydrogens is 701 g/mol. The smallest absolute Gasteiger partial charge is 0.0449 e. The van der Waals surface area contributed by atoms with Gasteiger partial charge < -0.3 is 0 Å². The summed E-state index contributed by atoms with van der Waals surface area (Å²) < 4.78 is 0. The highest BCUT2D eigenvalue weighted by atomic mass is 32.1. The largest absolute Gasteiger partial charge is 0.143 e. The van der Waals surface area contributed by atoms with E-state index in [9.17, 15) is 0 Å². The first-order valence-corrected chi connectivity index (χ1v) is 22.5. The second-order valence-corrected chi connectivity index (χ2v) is 18.9. The van der Waals surface area contributed by atoms with Gasteiger partial charge in [0.05, 0.1) is 0 Å². The van der Waals surface area contributed by atoms with Gasteiger partial charge >= 0.3 is 0 Å². The predicted molar refractivity (Wildman–Crippen MR) is 227 cm³/mol. The van der Waals surface area contributed by atoms with Gasteiger partial charge in [0.15, 0.2) is 0 Å². The van der Waals surface area contributed by atoms with Crippen molar-refractivity contribution in [1.82, 2.24) is 0 Å². The molecule has 2 aromatic carbocycles. The van der Waals surface area contributed by atoms with E-state index in [1.807, 2.05) is 56.7 Å². The fourth-order valence-electron chi connectivity index (χ4n) is 7.83. The van der Waals surface area contributed by atoms with Gasteiger partial charge in [-0.15, -0.1) is 56.7 Å². The van der Waals surface area contributed by atoms with Crippen LogP contribution in [0.3, 0.4) is 0 Å². The van der Waals surface area contributed by atoms with Crippen LogP contribution in [-0.2, 0) is 5.41 Å². The van der Waals surface area contributed by atoms with Gasteiger partial charge in [0.25, 0.3) is 0 Å². The second-order valence-electron chi connectivity index (χ2n) is 13.6. The molecule has 0 spiro atoms. The lowest BCUT2D eigenvalue weighted by atomic mass is 9.70. The van der Waals surface area contributed by atoms with E-state index in [2.05, 4.69) is 122 Å². The molecule has 0 amide bonds. The monoisotopic (exact) mass is 744 g/mol. The zero-order valence-corrected chi connectivity index (χ0v) is 33.1. The molecule has 0 saturated heterocycles. The quantitative estimate of drug-likeness (QED) is 0.0917. The first-order chi connectivity index (χ1) is 24.7. The number of rotatable bonds is 15. The molecule has 0 radical (unpaired) electrons. The first-order valence-electron chi connectivity index (χ1n) is 18.4. The Morgan fingerprint density at radius 3 is 1.46 bits per heavy atom. The molecule has 5 heterocycles. The number of thiophene rings is 5. The molecule has 1 aliphatic carbocycles. The Morgan fingerprint density at radius 2 is 0.920 bits per heavy atom. The first kappa shape index (κ1) is 34.0. The van der Waals surface area contributed by atoms with E-state index in [1.54, 1.807) is 11.1 Å². The number of unbranched alkanes of at least 4 members (excludes halogenated alkanes) is 6. The Bertz CT molecular complexity index is 2150. The number of benzene rings is 2. The van der Waals surface area contributed by atoms with Crippen molar-refractivity contribution in [3.8, 4) is 60.6 Å². The lowest BCUT2D eigenvalue weighted by molar-refractivity contribution is 0.401. The van der Waals surface area contributed by atoms with Crippen molar-refractivity contribution in [3.63, 3.8) is 0 Å². The van der Waals surface area contributed by atoms with Gasteiger partial charge in [-0.25, -0.2) is 0 Å². The van der Waals surface area contributed by atoms with Gasteiger partial charge in [0, 0.05) is 49.3 Å². The highest BCUT2D eigenvalue weighted by Gasteiger charge is 2.42. The summed E-state index contributed by atoms with van der Waals surface area (Å²) in [5, 5.41) is 2.16. The minimum absolute atomic E-state index is 0.125. The average Bonchev–Trinajstić information content (AvgIpc) is 4.00. The molecule has 0 atom stereocenters. The van der Waals surface area contributed by atoms with Crippen LogP contribution in [0.5, 0.6) is 0 Å². The summed E-state index contributed by atoms with van der Waals surface area (Å²) in [6.07, 6.45) is 13.0. The Kier molecular flexibility index (Phi) is 10.4. The second kappa shape index (κ2) is 15.3. The third kappa shape index (κ3) is 6.68. The summed E-state index contributed by atoms with van der Waals surface area (Å²) in [5.74, 6) is 0. The molecule has 0 fully saturated rings. The molecule has 0 saturated carbocycles. The van der Waals surface area contributed by atoms with Crippen LogP contribution >= 0.6 is 56.7 Å². The topological polar surface area (TPSA) is 0 Å².